The molecule has 0 heterocycles. The van der Waals surface area contributed by atoms with E-state index in [2.05, 4.69) is 19.1 Å². The van der Waals surface area contributed by atoms with Gasteiger partial charge in [0.05, 0.1) is 0 Å². The Morgan fingerprint density at radius 3 is 2.15 bits per heavy atom. The average Bonchev–Trinajstić information content (AvgIpc) is 2.16. The van der Waals surface area contributed by atoms with E-state index in [0.717, 1.165) is 12.3 Å². The second-order valence-electron chi connectivity index (χ2n) is 3.51. The van der Waals surface area contributed by atoms with E-state index in [1.807, 2.05) is 0 Å². The van der Waals surface area contributed by atoms with Crippen molar-refractivity contribution in [3.8, 4) is 0 Å². The van der Waals surface area contributed by atoms with Crippen molar-refractivity contribution in [2.24, 2.45) is 0 Å². The molecule has 0 aromatic rings. The predicted molar refractivity (Wildman–Crippen MR) is 62.5 cm³/mol. The molecule has 0 N–H and O–H groups in total. The van der Waals surface area contributed by atoms with Gasteiger partial charge < -0.3 is 0 Å². The van der Waals surface area contributed by atoms with Crippen molar-refractivity contribution >= 4 is 11.6 Å². The van der Waals surface area contributed by atoms with Crippen LogP contribution in [-0.4, -0.2) is 5.88 Å². The Balaban J connectivity index is 2.91. The predicted octanol–water partition coefficient (Wildman–Crippen LogP) is 4.92. The van der Waals surface area contributed by atoms with Crippen molar-refractivity contribution in [1.29, 1.82) is 0 Å². The summed E-state index contributed by atoms with van der Waals surface area (Å²) in [4.78, 5) is 0. The lowest BCUT2D eigenvalue weighted by Crippen LogP contribution is -1.77. The van der Waals surface area contributed by atoms with Crippen LogP contribution in [0.1, 0.15) is 58.3 Å². The first-order chi connectivity index (χ1) is 6.41. The smallest absolute Gasteiger partial charge is 0.0257 e. The molecule has 0 aromatic carbocycles. The Hall–Kier alpha value is 0.0300. The molecule has 0 aliphatic rings. The van der Waals surface area contributed by atoms with Crippen LogP contribution in [-0.2, 0) is 0 Å². The molecule has 0 fully saturated rings. The molecule has 0 rings (SSSR count). The summed E-state index contributed by atoms with van der Waals surface area (Å²) in [6.45, 7) is 2.26. The topological polar surface area (TPSA) is 0 Å². The number of rotatable bonds is 9. The highest BCUT2D eigenvalue weighted by Gasteiger charge is 1.87. The summed E-state index contributed by atoms with van der Waals surface area (Å²) < 4.78 is 0. The standard InChI is InChI=1S/C12H23Cl/c1-2-3-4-5-6-7-8-9-10-11-12-13/h9-10H,2-8,11-12H2,1H3/b10-9+. The van der Waals surface area contributed by atoms with Crippen LogP contribution >= 0.6 is 11.6 Å². The van der Waals surface area contributed by atoms with E-state index in [0.29, 0.717) is 0 Å². The summed E-state index contributed by atoms with van der Waals surface area (Å²) in [6.07, 6.45) is 15.0. The van der Waals surface area contributed by atoms with Crippen molar-refractivity contribution in [1.82, 2.24) is 0 Å². The second-order valence-corrected chi connectivity index (χ2v) is 3.88. The summed E-state index contributed by atoms with van der Waals surface area (Å²) in [5.41, 5.74) is 0. The van der Waals surface area contributed by atoms with E-state index in [9.17, 15) is 0 Å². The third kappa shape index (κ3) is 12.0. The Kier molecular flexibility index (Phi) is 12.1. The Bertz CT molecular complexity index is 108. The van der Waals surface area contributed by atoms with Gasteiger partial charge in [0.15, 0.2) is 0 Å². The molecule has 0 aliphatic heterocycles. The third-order valence-corrected chi connectivity index (χ3v) is 2.39. The molecule has 0 saturated carbocycles. The van der Waals surface area contributed by atoms with Gasteiger partial charge in [0, 0.05) is 5.88 Å². The molecule has 0 amide bonds. The summed E-state index contributed by atoms with van der Waals surface area (Å²) in [6, 6.07) is 0. The van der Waals surface area contributed by atoms with E-state index in [-0.39, 0.29) is 0 Å². The zero-order valence-electron chi connectivity index (χ0n) is 8.90. The molecule has 0 saturated heterocycles. The van der Waals surface area contributed by atoms with E-state index in [4.69, 9.17) is 11.6 Å². The van der Waals surface area contributed by atoms with Crippen molar-refractivity contribution in [2.75, 3.05) is 5.88 Å². The van der Waals surface area contributed by atoms with Crippen LogP contribution < -0.4 is 0 Å². The zero-order chi connectivity index (χ0) is 9.78. The lowest BCUT2D eigenvalue weighted by Gasteiger charge is -1.97. The Morgan fingerprint density at radius 2 is 1.46 bits per heavy atom. The average molecular weight is 203 g/mol. The van der Waals surface area contributed by atoms with Gasteiger partial charge in [-0.1, -0.05) is 51.2 Å². The summed E-state index contributed by atoms with van der Waals surface area (Å²) in [5.74, 6) is 0.757. The first kappa shape index (κ1) is 13.0. The fourth-order valence-corrected chi connectivity index (χ4v) is 1.47. The second kappa shape index (κ2) is 12.0. The number of hydrogen-bond donors (Lipinski definition) is 0. The lowest BCUT2D eigenvalue weighted by atomic mass is 10.1. The van der Waals surface area contributed by atoms with Crippen LogP contribution in [0.2, 0.25) is 0 Å². The lowest BCUT2D eigenvalue weighted by molar-refractivity contribution is 0.611. The highest BCUT2D eigenvalue weighted by molar-refractivity contribution is 6.17. The van der Waals surface area contributed by atoms with E-state index in [1.165, 1.54) is 44.9 Å². The minimum Gasteiger partial charge on any atom is -0.126 e. The Morgan fingerprint density at radius 1 is 0.846 bits per heavy atom. The van der Waals surface area contributed by atoms with Gasteiger partial charge in [-0.05, 0) is 19.3 Å². The van der Waals surface area contributed by atoms with Gasteiger partial charge in [0.2, 0.25) is 0 Å². The van der Waals surface area contributed by atoms with Gasteiger partial charge in [-0.25, -0.2) is 0 Å². The first-order valence-electron chi connectivity index (χ1n) is 5.62. The number of allylic oxidation sites excluding steroid dienone is 2. The first-order valence-corrected chi connectivity index (χ1v) is 6.16. The fourth-order valence-electron chi connectivity index (χ4n) is 1.34. The van der Waals surface area contributed by atoms with Gasteiger partial charge in [-0.2, -0.15) is 0 Å². The van der Waals surface area contributed by atoms with Gasteiger partial charge in [0.1, 0.15) is 0 Å². The maximum atomic E-state index is 5.55. The van der Waals surface area contributed by atoms with Crippen LogP contribution in [0.15, 0.2) is 12.2 Å². The minimum atomic E-state index is 0.757. The molecular formula is C12H23Cl. The van der Waals surface area contributed by atoms with Crippen LogP contribution in [0.5, 0.6) is 0 Å². The highest BCUT2D eigenvalue weighted by Crippen LogP contribution is 2.07. The zero-order valence-corrected chi connectivity index (χ0v) is 9.65. The Labute approximate surface area is 88.4 Å². The monoisotopic (exact) mass is 202 g/mol. The van der Waals surface area contributed by atoms with Crippen molar-refractivity contribution < 1.29 is 0 Å². The van der Waals surface area contributed by atoms with Gasteiger partial charge in [-0.15, -0.1) is 11.6 Å². The van der Waals surface area contributed by atoms with Crippen molar-refractivity contribution in [2.45, 2.75) is 58.3 Å². The summed E-state index contributed by atoms with van der Waals surface area (Å²) in [7, 11) is 0. The van der Waals surface area contributed by atoms with E-state index < -0.39 is 0 Å². The van der Waals surface area contributed by atoms with Gasteiger partial charge in [-0.3, -0.25) is 0 Å². The van der Waals surface area contributed by atoms with Crippen molar-refractivity contribution in [3.63, 3.8) is 0 Å². The molecule has 0 aromatic heterocycles. The number of hydrogen-bond acceptors (Lipinski definition) is 0. The maximum absolute atomic E-state index is 5.55. The number of unbranched alkanes of at least 4 members (excludes halogenated alkanes) is 6. The largest absolute Gasteiger partial charge is 0.126 e. The molecule has 78 valence electrons. The molecule has 0 aliphatic carbocycles. The van der Waals surface area contributed by atoms with Gasteiger partial charge in [0.25, 0.3) is 0 Å². The van der Waals surface area contributed by atoms with Crippen LogP contribution in [0.4, 0.5) is 0 Å². The molecular weight excluding hydrogens is 180 g/mol. The quantitative estimate of drug-likeness (QED) is 0.283. The third-order valence-electron chi connectivity index (χ3n) is 2.17. The minimum absolute atomic E-state index is 0.757. The highest BCUT2D eigenvalue weighted by atomic mass is 35.5. The molecule has 0 atom stereocenters. The fraction of sp³-hybridized carbons (Fsp3) is 0.833. The van der Waals surface area contributed by atoms with E-state index >= 15 is 0 Å². The number of alkyl halides is 1. The molecule has 1 heteroatoms. The molecule has 0 spiro atoms. The molecule has 0 nitrogen and oxygen atoms in total. The molecule has 0 radical (unpaired) electrons. The molecule has 0 bridgehead atoms. The normalized spacial score (nSPS) is 11.2. The molecule has 0 unspecified atom stereocenters. The maximum Gasteiger partial charge on any atom is 0.0257 e. The summed E-state index contributed by atoms with van der Waals surface area (Å²) in [5, 5.41) is 0. The van der Waals surface area contributed by atoms with Gasteiger partial charge >= 0.3 is 0 Å². The molecule has 13 heavy (non-hydrogen) atoms. The van der Waals surface area contributed by atoms with Crippen LogP contribution in [0.25, 0.3) is 0 Å². The number of halogens is 1. The SMILES string of the molecule is CCCCCCCC/C=C/CCCl. The van der Waals surface area contributed by atoms with E-state index in [1.54, 1.807) is 0 Å². The van der Waals surface area contributed by atoms with Crippen LogP contribution in [0, 0.1) is 0 Å². The van der Waals surface area contributed by atoms with Crippen LogP contribution in [0.3, 0.4) is 0 Å². The summed E-state index contributed by atoms with van der Waals surface area (Å²) >= 11 is 5.55. The van der Waals surface area contributed by atoms with Crippen molar-refractivity contribution in [3.05, 3.63) is 12.2 Å².